The lowest BCUT2D eigenvalue weighted by atomic mass is 9.85. The average molecular weight is 271 g/mol. The van der Waals surface area contributed by atoms with Crippen LogP contribution in [0, 0.1) is 0 Å². The van der Waals surface area contributed by atoms with Crippen molar-refractivity contribution in [3.05, 3.63) is 28.8 Å². The van der Waals surface area contributed by atoms with Crippen molar-refractivity contribution >= 4 is 23.2 Å². The van der Waals surface area contributed by atoms with Gasteiger partial charge in [0.15, 0.2) is 0 Å². The summed E-state index contributed by atoms with van der Waals surface area (Å²) >= 11 is 5.86. The van der Waals surface area contributed by atoms with E-state index in [9.17, 15) is 9.90 Å². The summed E-state index contributed by atoms with van der Waals surface area (Å²) < 4.78 is 0. The fourth-order valence-electron chi connectivity index (χ4n) is 1.24. The SMILES string of the molecule is CC(C)(O)C(C)(C)NC(=O)c1cccc(Cl)c1N. The Bertz CT molecular complexity index is 465. The Labute approximate surface area is 112 Å². The highest BCUT2D eigenvalue weighted by atomic mass is 35.5. The maximum Gasteiger partial charge on any atom is 0.253 e. The number of aliphatic hydroxyl groups is 1. The number of benzene rings is 1. The van der Waals surface area contributed by atoms with Crippen molar-refractivity contribution in [2.75, 3.05) is 5.73 Å². The van der Waals surface area contributed by atoms with E-state index in [4.69, 9.17) is 17.3 Å². The van der Waals surface area contributed by atoms with E-state index in [1.54, 1.807) is 45.9 Å². The average Bonchev–Trinajstić information content (AvgIpc) is 2.19. The van der Waals surface area contributed by atoms with Crippen LogP contribution in [0.1, 0.15) is 38.1 Å². The molecule has 0 saturated carbocycles. The number of nitrogens with one attached hydrogen (secondary N) is 1. The second kappa shape index (κ2) is 4.78. The van der Waals surface area contributed by atoms with Crippen LogP contribution in [0.3, 0.4) is 0 Å². The lowest BCUT2D eigenvalue weighted by Crippen LogP contribution is -2.57. The number of para-hydroxylation sites is 1. The van der Waals surface area contributed by atoms with E-state index in [0.717, 1.165) is 0 Å². The topological polar surface area (TPSA) is 75.3 Å². The molecule has 0 radical (unpaired) electrons. The third-order valence-corrected chi connectivity index (χ3v) is 3.58. The van der Waals surface area contributed by atoms with Crippen molar-refractivity contribution in [3.8, 4) is 0 Å². The predicted octanol–water partition coefficient (Wildman–Crippen LogP) is 2.20. The highest BCUT2D eigenvalue weighted by Crippen LogP contribution is 2.25. The first-order chi connectivity index (χ1) is 8.06. The highest BCUT2D eigenvalue weighted by Gasteiger charge is 2.36. The number of anilines is 1. The zero-order valence-corrected chi connectivity index (χ0v) is 11.8. The number of amides is 1. The van der Waals surface area contributed by atoms with Gasteiger partial charge in [-0.05, 0) is 39.8 Å². The van der Waals surface area contributed by atoms with Crippen LogP contribution in [0.15, 0.2) is 18.2 Å². The number of hydrogen-bond acceptors (Lipinski definition) is 3. The Hall–Kier alpha value is -1.26. The molecule has 1 amide bonds. The van der Waals surface area contributed by atoms with Crippen LogP contribution in [-0.2, 0) is 0 Å². The standard InChI is InChI=1S/C13H19ClN2O2/c1-12(2,13(3,4)18)16-11(17)8-6-5-7-9(14)10(8)15/h5-7,18H,15H2,1-4H3,(H,16,17). The molecule has 0 aromatic heterocycles. The molecule has 0 spiro atoms. The van der Waals surface area contributed by atoms with Crippen LogP contribution >= 0.6 is 11.6 Å². The fraction of sp³-hybridized carbons (Fsp3) is 0.462. The second-order valence-electron chi connectivity index (χ2n) is 5.34. The zero-order valence-electron chi connectivity index (χ0n) is 11.0. The quantitative estimate of drug-likeness (QED) is 0.737. The number of hydrogen-bond donors (Lipinski definition) is 3. The summed E-state index contributed by atoms with van der Waals surface area (Å²) in [6.07, 6.45) is 0. The summed E-state index contributed by atoms with van der Waals surface area (Å²) in [6, 6.07) is 4.87. The molecule has 4 N–H and O–H groups in total. The molecule has 1 aromatic rings. The first kappa shape index (κ1) is 14.8. The van der Waals surface area contributed by atoms with Gasteiger partial charge in [0, 0.05) is 0 Å². The van der Waals surface area contributed by atoms with Gasteiger partial charge in [0.1, 0.15) is 0 Å². The van der Waals surface area contributed by atoms with Gasteiger partial charge in [0.05, 0.1) is 27.4 Å². The van der Waals surface area contributed by atoms with E-state index < -0.39 is 11.1 Å². The van der Waals surface area contributed by atoms with Crippen LogP contribution in [0.2, 0.25) is 5.02 Å². The Balaban J connectivity index is 3.00. The first-order valence-corrected chi connectivity index (χ1v) is 6.03. The van der Waals surface area contributed by atoms with Gasteiger partial charge >= 0.3 is 0 Å². The third kappa shape index (κ3) is 2.94. The van der Waals surface area contributed by atoms with Gasteiger partial charge in [-0.15, -0.1) is 0 Å². The summed E-state index contributed by atoms with van der Waals surface area (Å²) in [5.41, 5.74) is 4.45. The molecule has 0 aliphatic heterocycles. The number of nitrogens with two attached hydrogens (primary N) is 1. The molecule has 0 bridgehead atoms. The Morgan fingerprint density at radius 3 is 2.39 bits per heavy atom. The fourth-order valence-corrected chi connectivity index (χ4v) is 1.41. The lowest BCUT2D eigenvalue weighted by molar-refractivity contribution is -0.00291. The van der Waals surface area contributed by atoms with Gasteiger partial charge in [0.2, 0.25) is 0 Å². The minimum atomic E-state index is -1.06. The van der Waals surface area contributed by atoms with Crippen LogP contribution < -0.4 is 11.1 Å². The smallest absolute Gasteiger partial charge is 0.253 e. The first-order valence-electron chi connectivity index (χ1n) is 5.65. The summed E-state index contributed by atoms with van der Waals surface area (Å²) in [5, 5.41) is 13.1. The molecule has 0 heterocycles. The molecule has 0 aliphatic rings. The molecule has 5 heteroatoms. The number of halogens is 1. The van der Waals surface area contributed by atoms with E-state index in [2.05, 4.69) is 5.32 Å². The van der Waals surface area contributed by atoms with Crippen LogP contribution in [-0.4, -0.2) is 22.2 Å². The van der Waals surface area contributed by atoms with E-state index in [1.165, 1.54) is 0 Å². The summed E-state index contributed by atoms with van der Waals surface area (Å²) in [6.45, 7) is 6.75. The summed E-state index contributed by atoms with van der Waals surface area (Å²) in [5.74, 6) is -0.359. The van der Waals surface area contributed by atoms with Crippen molar-refractivity contribution < 1.29 is 9.90 Å². The van der Waals surface area contributed by atoms with Crippen molar-refractivity contribution in [1.82, 2.24) is 5.32 Å². The minimum Gasteiger partial charge on any atom is -0.397 e. The van der Waals surface area contributed by atoms with Crippen molar-refractivity contribution in [1.29, 1.82) is 0 Å². The number of rotatable bonds is 3. The van der Waals surface area contributed by atoms with Crippen LogP contribution in [0.5, 0.6) is 0 Å². The molecule has 1 aromatic carbocycles. The maximum absolute atomic E-state index is 12.1. The van der Waals surface area contributed by atoms with E-state index in [1.807, 2.05) is 0 Å². The maximum atomic E-state index is 12.1. The van der Waals surface area contributed by atoms with Gasteiger partial charge in [-0.2, -0.15) is 0 Å². The van der Waals surface area contributed by atoms with E-state index >= 15 is 0 Å². The zero-order chi connectivity index (χ0) is 14.1. The molecule has 1 rings (SSSR count). The van der Waals surface area contributed by atoms with Crippen molar-refractivity contribution in [2.24, 2.45) is 0 Å². The Morgan fingerprint density at radius 2 is 1.89 bits per heavy atom. The Kier molecular flexibility index (Phi) is 3.93. The largest absolute Gasteiger partial charge is 0.397 e. The second-order valence-corrected chi connectivity index (χ2v) is 5.75. The van der Waals surface area contributed by atoms with Gasteiger partial charge in [-0.3, -0.25) is 4.79 Å². The van der Waals surface area contributed by atoms with Crippen LogP contribution in [0.25, 0.3) is 0 Å². The normalized spacial score (nSPS) is 12.3. The van der Waals surface area contributed by atoms with Gasteiger partial charge in [-0.1, -0.05) is 17.7 Å². The molecule has 0 saturated heterocycles. The summed E-state index contributed by atoms with van der Waals surface area (Å²) in [7, 11) is 0. The van der Waals surface area contributed by atoms with Crippen molar-refractivity contribution in [3.63, 3.8) is 0 Å². The molecular weight excluding hydrogens is 252 g/mol. The lowest BCUT2D eigenvalue weighted by Gasteiger charge is -2.38. The van der Waals surface area contributed by atoms with Gasteiger partial charge in [-0.25, -0.2) is 0 Å². The predicted molar refractivity (Wildman–Crippen MR) is 73.7 cm³/mol. The molecular formula is C13H19ClN2O2. The highest BCUT2D eigenvalue weighted by molar-refractivity contribution is 6.33. The van der Waals surface area contributed by atoms with Crippen LogP contribution in [0.4, 0.5) is 5.69 Å². The molecule has 0 unspecified atom stereocenters. The Morgan fingerprint density at radius 1 is 1.33 bits per heavy atom. The van der Waals surface area contributed by atoms with Gasteiger partial charge < -0.3 is 16.2 Å². The number of carbonyl (C=O) groups excluding carboxylic acids is 1. The molecule has 0 aliphatic carbocycles. The monoisotopic (exact) mass is 270 g/mol. The number of carbonyl (C=O) groups is 1. The number of nitrogen functional groups attached to an aromatic ring is 1. The molecule has 0 atom stereocenters. The van der Waals surface area contributed by atoms with E-state index in [-0.39, 0.29) is 11.6 Å². The third-order valence-electron chi connectivity index (χ3n) is 3.25. The van der Waals surface area contributed by atoms with Gasteiger partial charge in [0.25, 0.3) is 5.91 Å². The summed E-state index contributed by atoms with van der Waals surface area (Å²) in [4.78, 5) is 12.1. The van der Waals surface area contributed by atoms with Crippen molar-refractivity contribution in [2.45, 2.75) is 38.8 Å². The molecule has 100 valence electrons. The van der Waals surface area contributed by atoms with E-state index in [0.29, 0.717) is 10.6 Å². The molecule has 0 fully saturated rings. The molecule has 4 nitrogen and oxygen atoms in total. The molecule has 18 heavy (non-hydrogen) atoms. The minimum absolute atomic E-state index is 0.239.